The standard InChI is InChI=1S/C34H67N2O7P/c1-3-5-7-9-11-13-15-17-19-21-23-25-31(37)29-34(39)36-32(30-43-44(40,41)42-28-27-35)33(38)26-24-22-20-18-16-14-12-10-8-6-4-2/h17,19,24,26,31-33,37-38H,3-16,18,20-23,25,27-30,35H2,1-2H3,(H,36,39)(H,40,41)/b19-17-,26-24+. The van der Waals surface area contributed by atoms with Gasteiger partial charge in [0.2, 0.25) is 5.91 Å². The summed E-state index contributed by atoms with van der Waals surface area (Å²) in [7, 11) is -4.39. The maximum absolute atomic E-state index is 12.7. The van der Waals surface area contributed by atoms with E-state index < -0.39 is 38.6 Å². The molecule has 0 fully saturated rings. The monoisotopic (exact) mass is 646 g/mol. The average molecular weight is 647 g/mol. The van der Waals surface area contributed by atoms with Gasteiger partial charge in [0, 0.05) is 6.54 Å². The second kappa shape index (κ2) is 30.6. The zero-order valence-corrected chi connectivity index (χ0v) is 28.9. The van der Waals surface area contributed by atoms with Crippen LogP contribution in [0, 0.1) is 0 Å². The minimum Gasteiger partial charge on any atom is -0.393 e. The Hall–Kier alpha value is -1.06. The molecule has 0 aliphatic rings. The van der Waals surface area contributed by atoms with Crippen molar-refractivity contribution in [2.75, 3.05) is 19.8 Å². The molecule has 0 aromatic carbocycles. The van der Waals surface area contributed by atoms with Gasteiger partial charge in [0.25, 0.3) is 0 Å². The molecular weight excluding hydrogens is 579 g/mol. The van der Waals surface area contributed by atoms with Crippen LogP contribution >= 0.6 is 7.82 Å². The molecule has 0 heterocycles. The molecule has 0 aromatic rings. The number of carbonyl (C=O) groups is 1. The number of aliphatic hydroxyl groups excluding tert-OH is 2. The third kappa shape index (κ3) is 28.4. The van der Waals surface area contributed by atoms with E-state index >= 15 is 0 Å². The minimum atomic E-state index is -4.39. The summed E-state index contributed by atoms with van der Waals surface area (Å²) in [6.07, 6.45) is 28.4. The number of allylic oxidation sites excluding steroid dienone is 3. The molecule has 0 rings (SSSR count). The van der Waals surface area contributed by atoms with E-state index in [0.29, 0.717) is 6.42 Å². The lowest BCUT2D eigenvalue weighted by Crippen LogP contribution is -2.46. The first-order valence-corrected chi connectivity index (χ1v) is 19.0. The van der Waals surface area contributed by atoms with Crippen molar-refractivity contribution in [3.8, 4) is 0 Å². The maximum Gasteiger partial charge on any atom is 0.472 e. The molecule has 0 bridgehead atoms. The van der Waals surface area contributed by atoms with Crippen LogP contribution in [0.3, 0.4) is 0 Å². The van der Waals surface area contributed by atoms with E-state index in [4.69, 9.17) is 14.8 Å². The summed E-state index contributed by atoms with van der Waals surface area (Å²) < 4.78 is 21.9. The van der Waals surface area contributed by atoms with Gasteiger partial charge in [0.05, 0.1) is 37.9 Å². The van der Waals surface area contributed by atoms with E-state index in [1.807, 2.05) is 6.08 Å². The number of unbranched alkanes of at least 4 members (excludes halogenated alkanes) is 16. The van der Waals surface area contributed by atoms with Gasteiger partial charge in [-0.05, 0) is 44.9 Å². The Bertz CT molecular complexity index is 766. The lowest BCUT2D eigenvalue weighted by molar-refractivity contribution is -0.124. The molecule has 0 saturated heterocycles. The summed E-state index contributed by atoms with van der Waals surface area (Å²) in [5.74, 6) is -0.466. The molecule has 0 saturated carbocycles. The van der Waals surface area contributed by atoms with E-state index in [-0.39, 0.29) is 19.6 Å². The van der Waals surface area contributed by atoms with Gasteiger partial charge >= 0.3 is 7.82 Å². The zero-order chi connectivity index (χ0) is 32.7. The number of nitrogens with two attached hydrogens (primary N) is 1. The van der Waals surface area contributed by atoms with Gasteiger partial charge in [-0.3, -0.25) is 13.8 Å². The Morgan fingerprint density at radius 3 is 1.82 bits per heavy atom. The van der Waals surface area contributed by atoms with Gasteiger partial charge in [0.15, 0.2) is 0 Å². The van der Waals surface area contributed by atoms with Crippen LogP contribution in [-0.2, 0) is 18.4 Å². The Morgan fingerprint density at radius 2 is 1.27 bits per heavy atom. The third-order valence-electron chi connectivity index (χ3n) is 7.58. The number of amides is 1. The first-order chi connectivity index (χ1) is 21.3. The van der Waals surface area contributed by atoms with Gasteiger partial charge in [0.1, 0.15) is 0 Å². The Kier molecular flexibility index (Phi) is 29.8. The second-order valence-corrected chi connectivity index (χ2v) is 13.4. The summed E-state index contributed by atoms with van der Waals surface area (Å²) in [6, 6.07) is -0.985. The topological polar surface area (TPSA) is 151 Å². The van der Waals surface area contributed by atoms with E-state index in [1.54, 1.807) is 6.08 Å². The van der Waals surface area contributed by atoms with Gasteiger partial charge in [-0.25, -0.2) is 4.57 Å². The molecule has 0 aliphatic carbocycles. The van der Waals surface area contributed by atoms with Crippen LogP contribution in [0.1, 0.15) is 149 Å². The lowest BCUT2D eigenvalue weighted by Gasteiger charge is -2.24. The van der Waals surface area contributed by atoms with Crippen LogP contribution in [-0.4, -0.2) is 59.0 Å². The fourth-order valence-electron chi connectivity index (χ4n) is 4.88. The molecule has 4 unspecified atom stereocenters. The maximum atomic E-state index is 12.7. The molecule has 0 aliphatic heterocycles. The highest BCUT2D eigenvalue weighted by Crippen LogP contribution is 2.43. The van der Waals surface area contributed by atoms with Crippen LogP contribution in [0.25, 0.3) is 0 Å². The quantitative estimate of drug-likeness (QED) is 0.0284. The molecule has 44 heavy (non-hydrogen) atoms. The SMILES string of the molecule is CCCCCCCC/C=C\CCCC(O)CC(=O)NC(COP(=O)(O)OCCN)C(O)/C=C/CCCCCCCCCCC. The fraction of sp³-hybridized carbons (Fsp3) is 0.853. The van der Waals surface area contributed by atoms with Crippen LogP contribution < -0.4 is 11.1 Å². The third-order valence-corrected chi connectivity index (χ3v) is 8.56. The highest BCUT2D eigenvalue weighted by molar-refractivity contribution is 7.47. The summed E-state index contributed by atoms with van der Waals surface area (Å²) in [5, 5.41) is 23.8. The summed E-state index contributed by atoms with van der Waals surface area (Å²) >= 11 is 0. The number of carbonyl (C=O) groups excluding carboxylic acids is 1. The van der Waals surface area contributed by atoms with E-state index in [1.165, 1.54) is 83.5 Å². The van der Waals surface area contributed by atoms with Crippen LogP contribution in [0.15, 0.2) is 24.3 Å². The van der Waals surface area contributed by atoms with Crippen molar-refractivity contribution in [1.82, 2.24) is 5.32 Å². The molecule has 9 nitrogen and oxygen atoms in total. The van der Waals surface area contributed by atoms with Crippen molar-refractivity contribution in [3.63, 3.8) is 0 Å². The number of rotatable bonds is 32. The van der Waals surface area contributed by atoms with Gasteiger partial charge in [-0.15, -0.1) is 0 Å². The van der Waals surface area contributed by atoms with Gasteiger partial charge in [-0.1, -0.05) is 122 Å². The highest BCUT2D eigenvalue weighted by atomic mass is 31.2. The number of phosphoric acid groups is 1. The van der Waals surface area contributed by atoms with Crippen LogP contribution in [0.5, 0.6) is 0 Å². The number of hydrogen-bond acceptors (Lipinski definition) is 7. The first kappa shape index (κ1) is 42.9. The fourth-order valence-corrected chi connectivity index (χ4v) is 5.64. The number of phosphoric ester groups is 1. The molecule has 10 heteroatoms. The Balaban J connectivity index is 4.55. The minimum absolute atomic E-state index is 0.0467. The summed E-state index contributed by atoms with van der Waals surface area (Å²) in [4.78, 5) is 22.5. The summed E-state index contributed by atoms with van der Waals surface area (Å²) in [6.45, 7) is 3.89. The highest BCUT2D eigenvalue weighted by Gasteiger charge is 2.27. The van der Waals surface area contributed by atoms with Crippen molar-refractivity contribution in [3.05, 3.63) is 24.3 Å². The zero-order valence-electron chi connectivity index (χ0n) is 28.0. The molecular formula is C34H67N2O7P. The number of aliphatic hydroxyl groups is 2. The van der Waals surface area contributed by atoms with Crippen LogP contribution in [0.4, 0.5) is 0 Å². The van der Waals surface area contributed by atoms with Gasteiger partial charge in [-0.2, -0.15) is 0 Å². The normalized spacial score (nSPS) is 15.5. The van der Waals surface area contributed by atoms with Crippen molar-refractivity contribution in [2.45, 2.75) is 167 Å². The molecule has 0 aromatic heterocycles. The van der Waals surface area contributed by atoms with E-state index in [2.05, 4.69) is 31.3 Å². The molecule has 0 radical (unpaired) electrons. The second-order valence-electron chi connectivity index (χ2n) is 11.9. The van der Waals surface area contributed by atoms with Gasteiger partial charge < -0.3 is 26.2 Å². The molecule has 4 atom stereocenters. The van der Waals surface area contributed by atoms with Crippen molar-refractivity contribution in [2.24, 2.45) is 5.73 Å². The first-order valence-electron chi connectivity index (χ1n) is 17.5. The Labute approximate surface area is 269 Å². The molecule has 260 valence electrons. The summed E-state index contributed by atoms with van der Waals surface area (Å²) in [5.41, 5.74) is 5.33. The molecule has 0 spiro atoms. The largest absolute Gasteiger partial charge is 0.472 e. The van der Waals surface area contributed by atoms with Crippen molar-refractivity contribution < 1.29 is 33.5 Å². The van der Waals surface area contributed by atoms with Crippen molar-refractivity contribution >= 4 is 13.7 Å². The number of hydrogen-bond donors (Lipinski definition) is 5. The lowest BCUT2D eigenvalue weighted by atomic mass is 10.1. The smallest absolute Gasteiger partial charge is 0.393 e. The van der Waals surface area contributed by atoms with Crippen LogP contribution in [0.2, 0.25) is 0 Å². The molecule has 6 N–H and O–H groups in total. The average Bonchev–Trinajstić information content (AvgIpc) is 2.99. The number of nitrogens with one attached hydrogen (secondary N) is 1. The van der Waals surface area contributed by atoms with E-state index in [9.17, 15) is 24.5 Å². The predicted molar refractivity (Wildman–Crippen MR) is 181 cm³/mol. The Morgan fingerprint density at radius 1 is 0.773 bits per heavy atom. The molecule has 1 amide bonds. The predicted octanol–water partition coefficient (Wildman–Crippen LogP) is 7.63. The van der Waals surface area contributed by atoms with E-state index in [0.717, 1.165) is 38.5 Å². The van der Waals surface area contributed by atoms with Crippen molar-refractivity contribution in [1.29, 1.82) is 0 Å².